The first-order valence-electron chi connectivity index (χ1n) is 14.1. The third-order valence-corrected chi connectivity index (χ3v) is 7.58. The van der Waals surface area contributed by atoms with Crippen LogP contribution < -0.4 is 4.74 Å². The van der Waals surface area contributed by atoms with Crippen molar-refractivity contribution in [2.45, 2.75) is 109 Å². The third kappa shape index (κ3) is 7.47. The highest BCUT2D eigenvalue weighted by molar-refractivity contribution is 5.67. The van der Waals surface area contributed by atoms with Crippen molar-refractivity contribution in [1.29, 1.82) is 0 Å². The van der Waals surface area contributed by atoms with Gasteiger partial charge in [-0.3, -0.25) is 0 Å². The van der Waals surface area contributed by atoms with Crippen LogP contribution >= 0.6 is 0 Å². The highest BCUT2D eigenvalue weighted by Gasteiger charge is 2.48. The summed E-state index contributed by atoms with van der Waals surface area (Å²) in [4.78, 5) is 0. The number of ether oxygens (including phenoxy) is 1. The zero-order chi connectivity index (χ0) is 27.7. The van der Waals surface area contributed by atoms with Crippen molar-refractivity contribution in [2.75, 3.05) is 6.61 Å². The molecule has 0 bridgehead atoms. The molecule has 1 aliphatic carbocycles. The fourth-order valence-corrected chi connectivity index (χ4v) is 5.30. The molecule has 7 heteroatoms. The van der Waals surface area contributed by atoms with Gasteiger partial charge < -0.3 is 4.74 Å². The topological polar surface area (TPSA) is 9.23 Å². The summed E-state index contributed by atoms with van der Waals surface area (Å²) in [5.41, 5.74) is -0.495. The third-order valence-electron chi connectivity index (χ3n) is 7.58. The van der Waals surface area contributed by atoms with E-state index in [0.29, 0.717) is 19.3 Å². The quantitative estimate of drug-likeness (QED) is 0.161. The molecule has 1 nitrogen and oxygen atoms in total. The van der Waals surface area contributed by atoms with Crippen molar-refractivity contribution in [3.8, 4) is 16.9 Å². The van der Waals surface area contributed by atoms with Crippen LogP contribution in [0.1, 0.15) is 95.6 Å². The maximum absolute atomic E-state index is 15.3. The van der Waals surface area contributed by atoms with Crippen molar-refractivity contribution < 1.29 is 31.1 Å². The minimum Gasteiger partial charge on any atom is -0.490 e. The molecule has 38 heavy (non-hydrogen) atoms. The molecular formula is C31H40F6O. The maximum atomic E-state index is 15.3. The van der Waals surface area contributed by atoms with Crippen LogP contribution in [-0.4, -0.2) is 19.0 Å². The average molecular weight is 543 g/mol. The van der Waals surface area contributed by atoms with Crippen molar-refractivity contribution >= 4 is 0 Å². The van der Waals surface area contributed by atoms with Gasteiger partial charge in [0.2, 0.25) is 0 Å². The molecule has 0 N–H and O–H groups in total. The molecule has 1 aliphatic rings. The first-order valence-corrected chi connectivity index (χ1v) is 14.1. The van der Waals surface area contributed by atoms with Gasteiger partial charge in [0.15, 0.2) is 17.8 Å². The highest BCUT2D eigenvalue weighted by Crippen LogP contribution is 2.49. The molecule has 0 heterocycles. The van der Waals surface area contributed by atoms with E-state index < -0.39 is 48.0 Å². The zero-order valence-corrected chi connectivity index (χ0v) is 22.5. The van der Waals surface area contributed by atoms with Crippen LogP contribution in [0.25, 0.3) is 11.1 Å². The molecule has 0 aromatic heterocycles. The van der Waals surface area contributed by atoms with Crippen LogP contribution in [0.4, 0.5) is 26.3 Å². The number of hydrogen-bond acceptors (Lipinski definition) is 1. The number of aryl methyl sites for hydroxylation is 1. The summed E-state index contributed by atoms with van der Waals surface area (Å²) in [6.07, 6.45) is 5.16. The van der Waals surface area contributed by atoms with Crippen molar-refractivity contribution in [3.63, 3.8) is 0 Å². The maximum Gasteiger partial charge on any atom is 0.279 e. The lowest BCUT2D eigenvalue weighted by Gasteiger charge is -2.34. The monoisotopic (exact) mass is 542 g/mol. The van der Waals surface area contributed by atoms with E-state index in [1.165, 1.54) is 36.8 Å². The molecule has 3 rings (SSSR count). The van der Waals surface area contributed by atoms with Gasteiger partial charge in [0.25, 0.3) is 5.92 Å². The predicted octanol–water partition coefficient (Wildman–Crippen LogP) is 10.3. The lowest BCUT2D eigenvalue weighted by Crippen LogP contribution is -2.33. The van der Waals surface area contributed by atoms with Gasteiger partial charge in [-0.25, -0.2) is 26.3 Å². The van der Waals surface area contributed by atoms with Gasteiger partial charge in [0, 0.05) is 11.5 Å². The number of alkyl halides is 4. The van der Waals surface area contributed by atoms with Crippen LogP contribution in [0.3, 0.4) is 0 Å². The molecule has 3 unspecified atom stereocenters. The standard InChI is InChI=1S/C31H40F6O/c1-3-5-6-7-8-9-10-12-23-16-13-22-19-25(29(34)30(35)28(22)31(23,36)37)21-14-17-24(18-15-21)38-20-27(33)26(32)11-4-2/h14-15,17-19,23,26-27H,3-13,16,20H2,1-2H3. The Labute approximate surface area is 223 Å². The SMILES string of the molecule is CCCCCCCCCC1CCc2cc(-c3ccc(OCC(F)C(F)CCC)cc3)c(F)c(F)c2C1(F)F. The van der Waals surface area contributed by atoms with Crippen molar-refractivity contribution in [3.05, 3.63) is 53.1 Å². The Morgan fingerprint density at radius 1 is 0.868 bits per heavy atom. The Kier molecular flexibility index (Phi) is 11.4. The number of fused-ring (bicyclic) bond motifs is 1. The van der Waals surface area contributed by atoms with Gasteiger partial charge in [-0.1, -0.05) is 77.3 Å². The molecule has 2 aromatic carbocycles. The molecule has 0 saturated heterocycles. The summed E-state index contributed by atoms with van der Waals surface area (Å²) in [5.74, 6) is -6.97. The fraction of sp³-hybridized carbons (Fsp3) is 0.613. The second-order valence-corrected chi connectivity index (χ2v) is 10.5. The molecule has 0 fully saturated rings. The van der Waals surface area contributed by atoms with Gasteiger partial charge in [-0.2, -0.15) is 0 Å². The lowest BCUT2D eigenvalue weighted by molar-refractivity contribution is -0.0823. The van der Waals surface area contributed by atoms with E-state index in [-0.39, 0.29) is 41.7 Å². The summed E-state index contributed by atoms with van der Waals surface area (Å²) in [5, 5.41) is 0. The van der Waals surface area contributed by atoms with Gasteiger partial charge in [-0.15, -0.1) is 0 Å². The number of benzene rings is 2. The van der Waals surface area contributed by atoms with E-state index in [9.17, 15) is 8.78 Å². The van der Waals surface area contributed by atoms with Gasteiger partial charge in [0.1, 0.15) is 18.5 Å². The Morgan fingerprint density at radius 2 is 1.53 bits per heavy atom. The van der Waals surface area contributed by atoms with E-state index in [4.69, 9.17) is 4.74 Å². The Morgan fingerprint density at radius 3 is 2.18 bits per heavy atom. The molecule has 0 amide bonds. The zero-order valence-electron chi connectivity index (χ0n) is 22.5. The molecular weight excluding hydrogens is 502 g/mol. The molecule has 0 radical (unpaired) electrons. The van der Waals surface area contributed by atoms with E-state index in [0.717, 1.165) is 32.1 Å². The van der Waals surface area contributed by atoms with Gasteiger partial charge >= 0.3 is 0 Å². The summed E-state index contributed by atoms with van der Waals surface area (Å²) in [7, 11) is 0. The van der Waals surface area contributed by atoms with Crippen molar-refractivity contribution in [1.82, 2.24) is 0 Å². The number of unbranched alkanes of at least 4 members (excludes halogenated alkanes) is 6. The van der Waals surface area contributed by atoms with E-state index in [2.05, 4.69) is 6.92 Å². The Hall–Kier alpha value is -2.18. The smallest absolute Gasteiger partial charge is 0.279 e. The number of rotatable bonds is 15. The van der Waals surface area contributed by atoms with Crippen LogP contribution in [-0.2, 0) is 12.3 Å². The Bertz CT molecular complexity index is 1010. The fourth-order valence-electron chi connectivity index (χ4n) is 5.30. The first-order chi connectivity index (χ1) is 18.2. The van der Waals surface area contributed by atoms with E-state index in [1.807, 2.05) is 0 Å². The number of halogens is 6. The molecule has 0 spiro atoms. The summed E-state index contributed by atoms with van der Waals surface area (Å²) >= 11 is 0. The largest absolute Gasteiger partial charge is 0.490 e. The van der Waals surface area contributed by atoms with Crippen LogP contribution in [0.5, 0.6) is 5.75 Å². The minimum absolute atomic E-state index is 0.103. The summed E-state index contributed by atoms with van der Waals surface area (Å²) in [6, 6.07) is 7.11. The van der Waals surface area contributed by atoms with Crippen LogP contribution in [0.15, 0.2) is 30.3 Å². The van der Waals surface area contributed by atoms with Crippen LogP contribution in [0, 0.1) is 17.6 Å². The molecule has 0 saturated carbocycles. The normalized spacial score (nSPS) is 18.2. The predicted molar refractivity (Wildman–Crippen MR) is 140 cm³/mol. The molecule has 2 aromatic rings. The minimum atomic E-state index is -3.42. The van der Waals surface area contributed by atoms with Crippen molar-refractivity contribution in [2.24, 2.45) is 5.92 Å². The number of hydrogen-bond donors (Lipinski definition) is 0. The molecule has 3 atom stereocenters. The average Bonchev–Trinajstić information content (AvgIpc) is 2.90. The van der Waals surface area contributed by atoms with Gasteiger partial charge in [0.05, 0.1) is 5.56 Å². The second kappa shape index (κ2) is 14.3. The lowest BCUT2D eigenvalue weighted by atomic mass is 9.77. The summed E-state index contributed by atoms with van der Waals surface area (Å²) < 4.78 is 93.7. The van der Waals surface area contributed by atoms with E-state index >= 15 is 17.6 Å². The first kappa shape index (κ1) is 30.4. The Balaban J connectivity index is 1.67. The van der Waals surface area contributed by atoms with Gasteiger partial charge in [-0.05, 0) is 55.0 Å². The second-order valence-electron chi connectivity index (χ2n) is 10.5. The summed E-state index contributed by atoms with van der Waals surface area (Å²) in [6.45, 7) is 3.44. The molecule has 0 aliphatic heterocycles. The van der Waals surface area contributed by atoms with E-state index in [1.54, 1.807) is 6.92 Å². The van der Waals surface area contributed by atoms with Crippen LogP contribution in [0.2, 0.25) is 0 Å². The molecule has 212 valence electrons. The highest BCUT2D eigenvalue weighted by atomic mass is 19.3.